The van der Waals surface area contributed by atoms with Crippen LogP contribution in [0.2, 0.25) is 0 Å². The van der Waals surface area contributed by atoms with E-state index in [1.165, 1.54) is 0 Å². The van der Waals surface area contributed by atoms with Gasteiger partial charge in [0.15, 0.2) is 0 Å². The molecule has 2 saturated carbocycles. The minimum absolute atomic E-state index is 0.0197. The Morgan fingerprint density at radius 2 is 1.85 bits per heavy atom. The van der Waals surface area contributed by atoms with Crippen LogP contribution >= 0.6 is 0 Å². The zero-order valence-corrected chi connectivity index (χ0v) is 13.2. The fraction of sp³-hybridized carbons (Fsp3) is 0.938. The molecule has 116 valence electrons. The molecule has 4 heteroatoms. The Morgan fingerprint density at radius 1 is 1.25 bits per heavy atom. The molecule has 0 spiro atoms. The molecule has 2 aliphatic carbocycles. The minimum atomic E-state index is -0.394. The van der Waals surface area contributed by atoms with E-state index in [4.69, 9.17) is 10.5 Å². The third kappa shape index (κ3) is 3.95. The van der Waals surface area contributed by atoms with Crippen LogP contribution in [0.1, 0.15) is 59.3 Å². The first-order chi connectivity index (χ1) is 9.46. The lowest BCUT2D eigenvalue weighted by Crippen LogP contribution is -2.49. The first-order valence-corrected chi connectivity index (χ1v) is 8.14. The molecule has 0 aromatic heterocycles. The van der Waals surface area contributed by atoms with Gasteiger partial charge in [-0.2, -0.15) is 0 Å². The number of nitrogens with one attached hydrogen (secondary N) is 1. The molecule has 0 aromatic rings. The molecule has 2 rings (SSSR count). The van der Waals surface area contributed by atoms with E-state index in [0.29, 0.717) is 12.6 Å². The highest BCUT2D eigenvalue weighted by atomic mass is 16.5. The van der Waals surface area contributed by atoms with Gasteiger partial charge in [0.2, 0.25) is 5.91 Å². The van der Waals surface area contributed by atoms with Crippen LogP contribution in [0.15, 0.2) is 0 Å². The maximum Gasteiger partial charge on any atom is 0.249 e. The molecule has 1 atom stereocenters. The number of hydrogen-bond acceptors (Lipinski definition) is 3. The molecule has 0 aliphatic heterocycles. The van der Waals surface area contributed by atoms with E-state index in [1.54, 1.807) is 0 Å². The van der Waals surface area contributed by atoms with Crippen LogP contribution in [0.4, 0.5) is 0 Å². The van der Waals surface area contributed by atoms with E-state index >= 15 is 0 Å². The van der Waals surface area contributed by atoms with Crippen LogP contribution in [-0.2, 0) is 9.53 Å². The van der Waals surface area contributed by atoms with Crippen molar-refractivity contribution < 1.29 is 9.53 Å². The van der Waals surface area contributed by atoms with Gasteiger partial charge in [0.05, 0.1) is 5.60 Å². The summed E-state index contributed by atoms with van der Waals surface area (Å²) in [5.41, 5.74) is 5.68. The third-order valence-corrected chi connectivity index (χ3v) is 4.98. The van der Waals surface area contributed by atoms with Crippen LogP contribution < -0.4 is 11.1 Å². The smallest absolute Gasteiger partial charge is 0.249 e. The summed E-state index contributed by atoms with van der Waals surface area (Å²) >= 11 is 0. The van der Waals surface area contributed by atoms with E-state index in [9.17, 15) is 4.79 Å². The summed E-state index contributed by atoms with van der Waals surface area (Å²) in [5.74, 6) is 1.52. The van der Waals surface area contributed by atoms with Gasteiger partial charge in [0.1, 0.15) is 6.10 Å². The molecule has 20 heavy (non-hydrogen) atoms. The number of rotatable bonds is 6. The fourth-order valence-corrected chi connectivity index (χ4v) is 3.18. The Morgan fingerprint density at radius 3 is 2.30 bits per heavy atom. The van der Waals surface area contributed by atoms with Gasteiger partial charge in [-0.25, -0.2) is 0 Å². The quantitative estimate of drug-likeness (QED) is 0.785. The predicted octanol–water partition coefficient (Wildman–Crippen LogP) is 2.21. The molecular formula is C16H30N2O2. The van der Waals surface area contributed by atoms with Crippen molar-refractivity contribution in [3.05, 3.63) is 0 Å². The highest BCUT2D eigenvalue weighted by Crippen LogP contribution is 2.38. The second-order valence-electron chi connectivity index (χ2n) is 7.01. The Kier molecular flexibility index (Phi) is 5.08. The summed E-state index contributed by atoms with van der Waals surface area (Å²) in [6, 6.07) is 0.388. The van der Waals surface area contributed by atoms with Gasteiger partial charge in [0.25, 0.3) is 0 Å². The van der Waals surface area contributed by atoms with Crippen molar-refractivity contribution in [2.45, 2.75) is 77.0 Å². The summed E-state index contributed by atoms with van der Waals surface area (Å²) in [6.07, 6.45) is 6.10. The second-order valence-corrected chi connectivity index (χ2v) is 7.01. The number of nitrogens with two attached hydrogens (primary N) is 1. The molecule has 0 radical (unpaired) electrons. The molecule has 4 nitrogen and oxygen atoms in total. The molecule has 0 bridgehead atoms. The predicted molar refractivity (Wildman–Crippen MR) is 80.3 cm³/mol. The van der Waals surface area contributed by atoms with Gasteiger partial charge in [0, 0.05) is 12.6 Å². The van der Waals surface area contributed by atoms with Gasteiger partial charge in [-0.05, 0) is 57.3 Å². The van der Waals surface area contributed by atoms with E-state index in [1.807, 2.05) is 6.92 Å². The lowest BCUT2D eigenvalue weighted by molar-refractivity contribution is -0.151. The molecule has 0 aromatic carbocycles. The van der Waals surface area contributed by atoms with Crippen molar-refractivity contribution in [2.24, 2.45) is 17.6 Å². The van der Waals surface area contributed by atoms with Gasteiger partial charge < -0.3 is 15.8 Å². The zero-order valence-electron chi connectivity index (χ0n) is 13.2. The monoisotopic (exact) mass is 282 g/mol. The highest BCUT2D eigenvalue weighted by Gasteiger charge is 2.38. The molecule has 2 fully saturated rings. The number of carbonyl (C=O) groups excluding carboxylic acids is 1. The van der Waals surface area contributed by atoms with Gasteiger partial charge in [-0.1, -0.05) is 13.8 Å². The third-order valence-electron chi connectivity index (χ3n) is 4.98. The lowest BCUT2D eigenvalue weighted by atomic mass is 9.74. The van der Waals surface area contributed by atoms with E-state index in [-0.39, 0.29) is 11.5 Å². The minimum Gasteiger partial charge on any atom is -0.361 e. The second kappa shape index (κ2) is 6.44. The van der Waals surface area contributed by atoms with Crippen molar-refractivity contribution in [3.63, 3.8) is 0 Å². The summed E-state index contributed by atoms with van der Waals surface area (Å²) < 4.78 is 6.11. The fourth-order valence-electron chi connectivity index (χ4n) is 3.18. The van der Waals surface area contributed by atoms with Crippen molar-refractivity contribution in [3.8, 4) is 0 Å². The average Bonchev–Trinajstić information content (AvgIpc) is 3.23. The Hall–Kier alpha value is -0.610. The van der Waals surface area contributed by atoms with Gasteiger partial charge in [-0.3, -0.25) is 4.79 Å². The number of hydrogen-bond donors (Lipinski definition) is 2. The molecular weight excluding hydrogens is 252 g/mol. The number of carbonyl (C=O) groups is 1. The first-order valence-electron chi connectivity index (χ1n) is 8.14. The SMILES string of the molecule is CC(OC1(CN)CCC(C(C)C)CC1)C(=O)NC1CC1. The maximum absolute atomic E-state index is 12.0. The number of ether oxygens (including phenoxy) is 1. The molecule has 3 N–H and O–H groups in total. The highest BCUT2D eigenvalue weighted by molar-refractivity contribution is 5.80. The standard InChI is InChI=1S/C16H30N2O2/c1-11(2)13-6-8-16(10-17,9-7-13)20-12(3)15(19)18-14-4-5-14/h11-14H,4-10,17H2,1-3H3,(H,18,19). The maximum atomic E-state index is 12.0. The van der Waals surface area contributed by atoms with Crippen LogP contribution in [0.25, 0.3) is 0 Å². The molecule has 1 unspecified atom stereocenters. The molecule has 2 aliphatic rings. The number of amides is 1. The van der Waals surface area contributed by atoms with Crippen molar-refractivity contribution >= 4 is 5.91 Å². The van der Waals surface area contributed by atoms with Crippen molar-refractivity contribution in [1.29, 1.82) is 0 Å². The Balaban J connectivity index is 1.86. The molecule has 0 saturated heterocycles. The Bertz CT molecular complexity index is 331. The van der Waals surface area contributed by atoms with E-state index < -0.39 is 6.10 Å². The van der Waals surface area contributed by atoms with Crippen LogP contribution in [0, 0.1) is 11.8 Å². The van der Waals surface area contributed by atoms with Crippen LogP contribution in [-0.4, -0.2) is 30.2 Å². The van der Waals surface area contributed by atoms with Crippen molar-refractivity contribution in [1.82, 2.24) is 5.32 Å². The zero-order chi connectivity index (χ0) is 14.8. The molecule has 1 amide bonds. The topological polar surface area (TPSA) is 64.3 Å². The van der Waals surface area contributed by atoms with E-state index in [0.717, 1.165) is 50.4 Å². The Labute approximate surface area is 122 Å². The van der Waals surface area contributed by atoms with E-state index in [2.05, 4.69) is 19.2 Å². The van der Waals surface area contributed by atoms with Crippen molar-refractivity contribution in [2.75, 3.05) is 6.54 Å². The molecule has 0 heterocycles. The lowest BCUT2D eigenvalue weighted by Gasteiger charge is -2.41. The first kappa shape index (κ1) is 15.8. The van der Waals surface area contributed by atoms with Gasteiger partial charge in [-0.15, -0.1) is 0 Å². The largest absolute Gasteiger partial charge is 0.361 e. The normalized spacial score (nSPS) is 32.1. The van der Waals surface area contributed by atoms with Gasteiger partial charge >= 0.3 is 0 Å². The van der Waals surface area contributed by atoms with Crippen LogP contribution in [0.3, 0.4) is 0 Å². The summed E-state index contributed by atoms with van der Waals surface area (Å²) in [5, 5.41) is 3.01. The summed E-state index contributed by atoms with van der Waals surface area (Å²) in [6.45, 7) is 6.93. The summed E-state index contributed by atoms with van der Waals surface area (Å²) in [4.78, 5) is 12.0. The average molecular weight is 282 g/mol. The summed E-state index contributed by atoms with van der Waals surface area (Å²) in [7, 11) is 0. The van der Waals surface area contributed by atoms with Crippen LogP contribution in [0.5, 0.6) is 0 Å².